The molecule has 0 saturated carbocycles. The van der Waals surface area contributed by atoms with Crippen LogP contribution >= 0.6 is 12.2 Å². The average molecular weight is 369 g/mol. The van der Waals surface area contributed by atoms with Gasteiger partial charge in [0.1, 0.15) is 0 Å². The fraction of sp³-hybridized carbons (Fsp3) is 0.250. The highest BCUT2D eigenvalue weighted by atomic mass is 32.1. The standard InChI is InChI=1S/C20H23N3O2S/c1-12(2)18(24)23-20(26)22-17-8-6-5-7-16(17)19(25)21-15-10-9-13(3)14(4)11-15/h5-12H,1-4H3,(H,21,25)(H2,22,23,24,26). The Morgan fingerprint density at radius 3 is 2.31 bits per heavy atom. The fourth-order valence-electron chi connectivity index (χ4n) is 2.22. The molecule has 6 heteroatoms. The van der Waals surface area contributed by atoms with Crippen LogP contribution in [0.25, 0.3) is 0 Å². The summed E-state index contributed by atoms with van der Waals surface area (Å²) >= 11 is 5.16. The van der Waals surface area contributed by atoms with Crippen molar-refractivity contribution >= 4 is 40.5 Å². The lowest BCUT2D eigenvalue weighted by atomic mass is 10.1. The molecule has 0 saturated heterocycles. The molecule has 5 nitrogen and oxygen atoms in total. The Kier molecular flexibility index (Phi) is 6.46. The van der Waals surface area contributed by atoms with Gasteiger partial charge in [0.05, 0.1) is 11.3 Å². The third-order valence-corrected chi connectivity index (χ3v) is 4.15. The molecule has 0 aliphatic heterocycles. The Morgan fingerprint density at radius 2 is 1.65 bits per heavy atom. The predicted octanol–water partition coefficient (Wildman–Crippen LogP) is 4.02. The van der Waals surface area contributed by atoms with Gasteiger partial charge in [0.25, 0.3) is 5.91 Å². The van der Waals surface area contributed by atoms with Gasteiger partial charge in [-0.15, -0.1) is 0 Å². The molecule has 0 aromatic heterocycles. The van der Waals surface area contributed by atoms with Crippen molar-refractivity contribution in [3.05, 3.63) is 59.2 Å². The Bertz CT molecular complexity index is 847. The fourth-order valence-corrected chi connectivity index (χ4v) is 2.43. The van der Waals surface area contributed by atoms with Gasteiger partial charge in [-0.1, -0.05) is 32.0 Å². The maximum Gasteiger partial charge on any atom is 0.257 e. The van der Waals surface area contributed by atoms with Crippen molar-refractivity contribution in [3.8, 4) is 0 Å². The number of anilines is 2. The predicted molar refractivity (Wildman–Crippen MR) is 110 cm³/mol. The summed E-state index contributed by atoms with van der Waals surface area (Å²) in [5, 5.41) is 8.58. The van der Waals surface area contributed by atoms with Crippen LogP contribution in [-0.2, 0) is 4.79 Å². The van der Waals surface area contributed by atoms with Gasteiger partial charge in [-0.05, 0) is 61.5 Å². The van der Waals surface area contributed by atoms with Gasteiger partial charge in [0.2, 0.25) is 5.91 Å². The first kappa shape index (κ1) is 19.6. The molecule has 2 aromatic rings. The first-order chi connectivity index (χ1) is 12.3. The minimum absolute atomic E-state index is 0.162. The first-order valence-corrected chi connectivity index (χ1v) is 8.78. The zero-order valence-electron chi connectivity index (χ0n) is 15.3. The Labute approximate surface area is 159 Å². The number of carbonyl (C=O) groups is 2. The second-order valence-electron chi connectivity index (χ2n) is 6.40. The van der Waals surface area contributed by atoms with E-state index in [1.54, 1.807) is 38.1 Å². The monoisotopic (exact) mass is 369 g/mol. The van der Waals surface area contributed by atoms with Crippen LogP contribution in [0, 0.1) is 19.8 Å². The molecule has 2 amide bonds. The zero-order chi connectivity index (χ0) is 19.3. The molecule has 0 aliphatic carbocycles. The van der Waals surface area contributed by atoms with Gasteiger partial charge < -0.3 is 16.0 Å². The van der Waals surface area contributed by atoms with Gasteiger partial charge in [-0.3, -0.25) is 9.59 Å². The van der Waals surface area contributed by atoms with Crippen molar-refractivity contribution in [2.24, 2.45) is 5.92 Å². The normalized spacial score (nSPS) is 10.3. The highest BCUT2D eigenvalue weighted by Crippen LogP contribution is 2.19. The molecule has 0 spiro atoms. The number of amides is 2. The summed E-state index contributed by atoms with van der Waals surface area (Å²) in [5.41, 5.74) is 3.96. The summed E-state index contributed by atoms with van der Waals surface area (Å²) in [6.07, 6.45) is 0. The maximum absolute atomic E-state index is 12.7. The molecule has 0 radical (unpaired) electrons. The number of hydrogen-bond donors (Lipinski definition) is 3. The lowest BCUT2D eigenvalue weighted by Gasteiger charge is -2.14. The number of para-hydroxylation sites is 1. The van der Waals surface area contributed by atoms with Crippen LogP contribution in [0.3, 0.4) is 0 Å². The number of nitrogens with one attached hydrogen (secondary N) is 3. The smallest absolute Gasteiger partial charge is 0.257 e. The summed E-state index contributed by atoms with van der Waals surface area (Å²) in [6.45, 7) is 7.58. The lowest BCUT2D eigenvalue weighted by Crippen LogP contribution is -2.37. The number of rotatable bonds is 4. The highest BCUT2D eigenvalue weighted by molar-refractivity contribution is 7.80. The Balaban J connectivity index is 2.14. The van der Waals surface area contributed by atoms with Crippen LogP contribution in [0.15, 0.2) is 42.5 Å². The van der Waals surface area contributed by atoms with Crippen LogP contribution in [0.1, 0.15) is 35.3 Å². The van der Waals surface area contributed by atoms with E-state index in [1.807, 2.05) is 32.0 Å². The van der Waals surface area contributed by atoms with Crippen molar-refractivity contribution < 1.29 is 9.59 Å². The van der Waals surface area contributed by atoms with Crippen molar-refractivity contribution in [1.29, 1.82) is 0 Å². The number of benzene rings is 2. The summed E-state index contributed by atoms with van der Waals surface area (Å²) in [5.74, 6) is -0.619. The van der Waals surface area contributed by atoms with Crippen LogP contribution in [-0.4, -0.2) is 16.9 Å². The summed E-state index contributed by atoms with van der Waals surface area (Å²) in [4.78, 5) is 24.4. The molecule has 0 fully saturated rings. The second kappa shape index (κ2) is 8.58. The summed E-state index contributed by atoms with van der Waals surface area (Å²) in [7, 11) is 0. The van der Waals surface area contributed by atoms with E-state index in [1.165, 1.54) is 0 Å². The number of hydrogen-bond acceptors (Lipinski definition) is 3. The molecule has 3 N–H and O–H groups in total. The molecule has 26 heavy (non-hydrogen) atoms. The van der Waals surface area contributed by atoms with E-state index >= 15 is 0 Å². The molecular formula is C20H23N3O2S. The SMILES string of the molecule is Cc1ccc(NC(=O)c2ccccc2NC(=S)NC(=O)C(C)C)cc1C. The van der Waals surface area contributed by atoms with E-state index in [4.69, 9.17) is 12.2 Å². The molecule has 0 unspecified atom stereocenters. The molecule has 0 heterocycles. The van der Waals surface area contributed by atoms with E-state index in [0.717, 1.165) is 16.8 Å². The van der Waals surface area contributed by atoms with E-state index in [0.29, 0.717) is 11.3 Å². The van der Waals surface area contributed by atoms with E-state index in [9.17, 15) is 9.59 Å². The van der Waals surface area contributed by atoms with Gasteiger partial charge in [-0.25, -0.2) is 0 Å². The zero-order valence-corrected chi connectivity index (χ0v) is 16.2. The van der Waals surface area contributed by atoms with Gasteiger partial charge in [0.15, 0.2) is 5.11 Å². The van der Waals surface area contributed by atoms with Gasteiger partial charge >= 0.3 is 0 Å². The summed E-state index contributed by atoms with van der Waals surface area (Å²) in [6, 6.07) is 12.8. The molecule has 0 atom stereocenters. The van der Waals surface area contributed by atoms with E-state index in [2.05, 4.69) is 16.0 Å². The molecule has 0 bridgehead atoms. The largest absolute Gasteiger partial charge is 0.332 e. The molecule has 136 valence electrons. The average Bonchev–Trinajstić information content (AvgIpc) is 2.58. The van der Waals surface area contributed by atoms with Crippen LogP contribution < -0.4 is 16.0 Å². The van der Waals surface area contributed by atoms with Gasteiger partial charge in [-0.2, -0.15) is 0 Å². The van der Waals surface area contributed by atoms with Crippen molar-refractivity contribution in [3.63, 3.8) is 0 Å². The van der Waals surface area contributed by atoms with Crippen molar-refractivity contribution in [2.45, 2.75) is 27.7 Å². The molecule has 2 aromatic carbocycles. The van der Waals surface area contributed by atoms with Crippen LogP contribution in [0.5, 0.6) is 0 Å². The first-order valence-electron chi connectivity index (χ1n) is 8.37. The van der Waals surface area contributed by atoms with E-state index in [-0.39, 0.29) is 22.8 Å². The summed E-state index contributed by atoms with van der Waals surface area (Å²) < 4.78 is 0. The topological polar surface area (TPSA) is 70.2 Å². The van der Waals surface area contributed by atoms with Crippen molar-refractivity contribution in [1.82, 2.24) is 5.32 Å². The molecule has 2 rings (SSSR count). The lowest BCUT2D eigenvalue weighted by molar-refractivity contribution is -0.122. The highest BCUT2D eigenvalue weighted by Gasteiger charge is 2.14. The Hall–Kier alpha value is -2.73. The van der Waals surface area contributed by atoms with Crippen LogP contribution in [0.2, 0.25) is 0 Å². The minimum atomic E-state index is -0.255. The third-order valence-electron chi connectivity index (χ3n) is 3.95. The number of aryl methyl sites for hydroxylation is 2. The number of carbonyl (C=O) groups excluding carboxylic acids is 2. The molecule has 0 aliphatic rings. The van der Waals surface area contributed by atoms with Gasteiger partial charge in [0, 0.05) is 11.6 Å². The maximum atomic E-state index is 12.7. The minimum Gasteiger partial charge on any atom is -0.332 e. The Morgan fingerprint density at radius 1 is 0.962 bits per heavy atom. The van der Waals surface area contributed by atoms with Crippen molar-refractivity contribution in [2.75, 3.05) is 10.6 Å². The third kappa shape index (κ3) is 5.13. The second-order valence-corrected chi connectivity index (χ2v) is 6.81. The quantitative estimate of drug-likeness (QED) is 0.712. The molecular weight excluding hydrogens is 346 g/mol. The van der Waals surface area contributed by atoms with Crippen LogP contribution in [0.4, 0.5) is 11.4 Å². The number of thiocarbonyl (C=S) groups is 1. The van der Waals surface area contributed by atoms with E-state index < -0.39 is 0 Å².